The maximum atomic E-state index is 15.8. The van der Waals surface area contributed by atoms with Crippen LogP contribution in [0.1, 0.15) is 110 Å². The van der Waals surface area contributed by atoms with Gasteiger partial charge in [-0.05, 0) is 124 Å². The first-order valence-electron chi connectivity index (χ1n) is 16.8. The zero-order valence-corrected chi connectivity index (χ0v) is 26.5. The van der Waals surface area contributed by atoms with E-state index < -0.39 is 44.9 Å². The molecule has 0 aromatic heterocycles. The third kappa shape index (κ3) is 6.02. The van der Waals surface area contributed by atoms with Crippen molar-refractivity contribution in [2.75, 3.05) is 13.1 Å². The molecule has 0 radical (unpaired) electrons. The van der Waals surface area contributed by atoms with Gasteiger partial charge in [0.1, 0.15) is 0 Å². The van der Waals surface area contributed by atoms with Gasteiger partial charge in [-0.2, -0.15) is 17.2 Å². The monoisotopic (exact) mass is 626 g/mol. The number of nitrogens with zero attached hydrogens (tertiary/aromatic N) is 2. The molecule has 4 bridgehead atoms. The lowest BCUT2D eigenvalue weighted by atomic mass is 9.49. The van der Waals surface area contributed by atoms with Gasteiger partial charge >= 0.3 is 21.3 Å². The van der Waals surface area contributed by atoms with Crippen LogP contribution < -0.4 is 0 Å². The SMILES string of the molecule is CC1CC(C)CC(CCCN(CC23CC4CC(CC(C4)C2)C3)C(=O)C(F)(F)S(=O)(=O)ON2C(=O)C3CCCCC3C2=O)C1. The molecule has 4 atom stereocenters. The van der Waals surface area contributed by atoms with E-state index in [2.05, 4.69) is 18.1 Å². The summed E-state index contributed by atoms with van der Waals surface area (Å²) in [6.45, 7) is 4.64. The topological polar surface area (TPSA) is 101 Å². The molecule has 6 saturated carbocycles. The molecule has 8 nitrogen and oxygen atoms in total. The van der Waals surface area contributed by atoms with Crippen molar-refractivity contribution in [3.8, 4) is 0 Å². The summed E-state index contributed by atoms with van der Waals surface area (Å²) < 4.78 is 62.3. The summed E-state index contributed by atoms with van der Waals surface area (Å²) in [5.41, 5.74) is -0.268. The Hall–Kier alpha value is -1.62. The second-order valence-corrected chi connectivity index (χ2v) is 17.2. The summed E-state index contributed by atoms with van der Waals surface area (Å²) in [6.07, 6.45) is 12.9. The zero-order chi connectivity index (χ0) is 30.7. The van der Waals surface area contributed by atoms with Crippen LogP contribution >= 0.6 is 0 Å². The van der Waals surface area contributed by atoms with Gasteiger partial charge in [0.25, 0.3) is 11.8 Å². The maximum absolute atomic E-state index is 15.8. The summed E-state index contributed by atoms with van der Waals surface area (Å²) in [7, 11) is -5.96. The predicted molar refractivity (Wildman–Crippen MR) is 154 cm³/mol. The Labute approximate surface area is 254 Å². The molecule has 0 spiro atoms. The van der Waals surface area contributed by atoms with Crippen LogP contribution in [0, 0.1) is 52.8 Å². The molecular weight excluding hydrogens is 578 g/mol. The van der Waals surface area contributed by atoms with Crippen molar-refractivity contribution in [2.24, 2.45) is 52.8 Å². The van der Waals surface area contributed by atoms with Gasteiger partial charge in [0.15, 0.2) is 0 Å². The lowest BCUT2D eigenvalue weighted by molar-refractivity contribution is -0.169. The third-order valence-electron chi connectivity index (χ3n) is 11.8. The number of hydroxylamine groups is 2. The van der Waals surface area contributed by atoms with E-state index in [1.165, 1.54) is 6.42 Å². The number of imide groups is 1. The van der Waals surface area contributed by atoms with Crippen LogP contribution in [-0.2, 0) is 28.8 Å². The summed E-state index contributed by atoms with van der Waals surface area (Å²) in [5.74, 6) is -1.88. The van der Waals surface area contributed by atoms with Gasteiger partial charge in [-0.15, -0.1) is 9.35 Å². The second kappa shape index (κ2) is 11.6. The van der Waals surface area contributed by atoms with Gasteiger partial charge in [0.05, 0.1) is 11.8 Å². The molecule has 3 amide bonds. The highest BCUT2D eigenvalue weighted by molar-refractivity contribution is 7.88. The van der Waals surface area contributed by atoms with Crippen molar-refractivity contribution in [1.29, 1.82) is 0 Å². The van der Waals surface area contributed by atoms with Crippen LogP contribution in [0.15, 0.2) is 0 Å². The largest absolute Gasteiger partial charge is 0.449 e. The quantitative estimate of drug-likeness (QED) is 0.280. The molecule has 7 aliphatic rings. The summed E-state index contributed by atoms with van der Waals surface area (Å²) in [5, 5.41) is -4.94. The van der Waals surface area contributed by atoms with E-state index >= 15 is 8.78 Å². The number of alkyl halides is 2. The molecule has 0 aromatic rings. The fourth-order valence-corrected chi connectivity index (χ4v) is 11.5. The Morgan fingerprint density at radius 1 is 0.907 bits per heavy atom. The summed E-state index contributed by atoms with van der Waals surface area (Å²) >= 11 is 0. The van der Waals surface area contributed by atoms with Gasteiger partial charge in [-0.25, -0.2) is 0 Å². The highest BCUT2D eigenvalue weighted by Crippen LogP contribution is 2.60. The number of carbonyl (C=O) groups is 3. The second-order valence-electron chi connectivity index (χ2n) is 15.6. The van der Waals surface area contributed by atoms with Crippen LogP contribution in [0.25, 0.3) is 0 Å². The fraction of sp³-hybridized carbons (Fsp3) is 0.906. The van der Waals surface area contributed by atoms with E-state index in [1.807, 2.05) is 0 Å². The van der Waals surface area contributed by atoms with E-state index in [-0.39, 0.29) is 23.6 Å². The van der Waals surface area contributed by atoms with Crippen molar-refractivity contribution in [1.82, 2.24) is 9.96 Å². The van der Waals surface area contributed by atoms with Crippen LogP contribution in [-0.4, -0.2) is 54.4 Å². The third-order valence-corrected chi connectivity index (χ3v) is 13.0. The molecule has 1 heterocycles. The van der Waals surface area contributed by atoms with Crippen LogP contribution in [0.5, 0.6) is 0 Å². The smallest absolute Gasteiger partial charge is 0.336 e. The van der Waals surface area contributed by atoms with E-state index in [0.29, 0.717) is 67.6 Å². The molecule has 0 aromatic carbocycles. The molecule has 1 aliphatic heterocycles. The number of fused-ring (bicyclic) bond motifs is 1. The number of rotatable bonds is 10. The Morgan fingerprint density at radius 3 is 1.93 bits per heavy atom. The minimum atomic E-state index is -5.96. The van der Waals surface area contributed by atoms with Gasteiger partial charge in [-0.3, -0.25) is 14.4 Å². The highest BCUT2D eigenvalue weighted by Gasteiger charge is 2.61. The minimum Gasteiger partial charge on any atom is -0.336 e. The van der Waals surface area contributed by atoms with Crippen LogP contribution in [0.2, 0.25) is 0 Å². The molecule has 1 saturated heterocycles. The first-order chi connectivity index (χ1) is 20.3. The molecule has 6 aliphatic carbocycles. The van der Waals surface area contributed by atoms with Gasteiger partial charge in [-0.1, -0.05) is 26.7 Å². The average molecular weight is 627 g/mol. The first kappa shape index (κ1) is 31.4. The zero-order valence-electron chi connectivity index (χ0n) is 25.6. The molecular formula is C32H48F2N2O6S. The van der Waals surface area contributed by atoms with Crippen LogP contribution in [0.4, 0.5) is 8.78 Å². The Kier molecular flexibility index (Phi) is 8.48. The van der Waals surface area contributed by atoms with Gasteiger partial charge in [0, 0.05) is 13.1 Å². The minimum absolute atomic E-state index is 0.00793. The van der Waals surface area contributed by atoms with Crippen molar-refractivity contribution < 1.29 is 35.9 Å². The number of amides is 3. The van der Waals surface area contributed by atoms with Gasteiger partial charge < -0.3 is 4.90 Å². The molecule has 242 valence electrons. The van der Waals surface area contributed by atoms with Crippen molar-refractivity contribution >= 4 is 27.8 Å². The lowest BCUT2D eigenvalue weighted by Gasteiger charge is -2.58. The van der Waals surface area contributed by atoms with Crippen molar-refractivity contribution in [2.45, 2.75) is 115 Å². The average Bonchev–Trinajstić information content (AvgIpc) is 3.15. The Bertz CT molecular complexity index is 1150. The van der Waals surface area contributed by atoms with Crippen LogP contribution in [0.3, 0.4) is 0 Å². The van der Waals surface area contributed by atoms with E-state index in [9.17, 15) is 22.8 Å². The van der Waals surface area contributed by atoms with Crippen molar-refractivity contribution in [3.05, 3.63) is 0 Å². The Morgan fingerprint density at radius 2 is 1.42 bits per heavy atom. The molecule has 0 N–H and O–H groups in total. The Balaban J connectivity index is 1.19. The van der Waals surface area contributed by atoms with E-state index in [4.69, 9.17) is 0 Å². The molecule has 7 rings (SSSR count). The summed E-state index contributed by atoms with van der Waals surface area (Å²) in [4.78, 5) is 40.3. The number of hydrogen-bond acceptors (Lipinski definition) is 6. The number of halogens is 2. The lowest BCUT2D eigenvalue weighted by Crippen LogP contribution is -2.56. The first-order valence-corrected chi connectivity index (χ1v) is 18.2. The molecule has 43 heavy (non-hydrogen) atoms. The van der Waals surface area contributed by atoms with E-state index in [0.717, 1.165) is 62.7 Å². The molecule has 11 heteroatoms. The molecule has 7 fully saturated rings. The predicted octanol–water partition coefficient (Wildman–Crippen LogP) is 5.91. The molecule has 4 unspecified atom stereocenters. The normalized spacial score (nSPS) is 39.3. The number of carbonyl (C=O) groups excluding carboxylic acids is 3. The van der Waals surface area contributed by atoms with Gasteiger partial charge in [0.2, 0.25) is 0 Å². The van der Waals surface area contributed by atoms with E-state index in [1.54, 1.807) is 0 Å². The maximum Gasteiger partial charge on any atom is 0.449 e. The fourth-order valence-electron chi connectivity index (χ4n) is 10.7. The van der Waals surface area contributed by atoms with Crippen molar-refractivity contribution in [3.63, 3.8) is 0 Å². The summed E-state index contributed by atoms with van der Waals surface area (Å²) in [6, 6.07) is 0. The highest BCUT2D eigenvalue weighted by atomic mass is 32.2. The number of hydrogen-bond donors (Lipinski definition) is 0. The standard InChI is InChI=1S/C32H48F2N2O6S/c1-20-10-21(2)12-22(11-20)6-5-9-35(19-31-16-23-13-24(17-31)15-25(14-23)18-31)30(39)32(33,34)43(40,41)42-36-28(37)26-7-3-4-8-27(26)29(36)38/h20-27H,3-19H2,1-2H3.